The van der Waals surface area contributed by atoms with Crippen molar-refractivity contribution in [1.29, 1.82) is 0 Å². The second-order valence-corrected chi connectivity index (χ2v) is 5.27. The van der Waals surface area contributed by atoms with Crippen molar-refractivity contribution in [1.82, 2.24) is 0 Å². The molecule has 0 saturated heterocycles. The predicted octanol–water partition coefficient (Wildman–Crippen LogP) is 2.63. The Balaban J connectivity index is 2.87. The Hall–Kier alpha value is -1.13. The first-order valence-electron chi connectivity index (χ1n) is 6.14. The Labute approximate surface area is 108 Å². The molecule has 0 heterocycles. The van der Waals surface area contributed by atoms with Crippen LogP contribution in [0, 0.1) is 11.7 Å². The molecule has 0 amide bonds. The topological polar surface area (TPSA) is 55.5 Å². The molecule has 3 N–H and O–H groups in total. The summed E-state index contributed by atoms with van der Waals surface area (Å²) >= 11 is 0. The molecule has 18 heavy (non-hydrogen) atoms. The largest absolute Gasteiger partial charge is 0.490 e. The Morgan fingerprint density at radius 2 is 2.00 bits per heavy atom. The van der Waals surface area contributed by atoms with Gasteiger partial charge in [0, 0.05) is 17.7 Å². The number of ether oxygens (including phenoxy) is 1. The molecule has 0 aromatic heterocycles. The fourth-order valence-corrected chi connectivity index (χ4v) is 1.40. The summed E-state index contributed by atoms with van der Waals surface area (Å²) in [5, 5.41) is 10.1. The van der Waals surface area contributed by atoms with E-state index in [1.54, 1.807) is 19.9 Å². The molecule has 0 fully saturated rings. The summed E-state index contributed by atoms with van der Waals surface area (Å²) in [6.45, 7) is 7.42. The van der Waals surface area contributed by atoms with Crippen LogP contribution in [-0.4, -0.2) is 17.3 Å². The minimum atomic E-state index is -0.957. The Morgan fingerprint density at radius 1 is 1.39 bits per heavy atom. The standard InChI is InChI=1S/C14H22FNO2/c1-9(2)14(4,17)8-18-13-7-11(15)5-6-12(13)10(3)16/h5-7,9-10,17H,8,16H2,1-4H3/t10-,14?/m1/s1. The van der Waals surface area contributed by atoms with E-state index in [9.17, 15) is 9.50 Å². The summed E-state index contributed by atoms with van der Waals surface area (Å²) in [4.78, 5) is 0. The lowest BCUT2D eigenvalue weighted by atomic mass is 9.94. The number of aliphatic hydroxyl groups is 1. The van der Waals surface area contributed by atoms with E-state index >= 15 is 0 Å². The summed E-state index contributed by atoms with van der Waals surface area (Å²) in [7, 11) is 0. The summed E-state index contributed by atoms with van der Waals surface area (Å²) in [5.74, 6) is 0.0642. The van der Waals surface area contributed by atoms with E-state index in [4.69, 9.17) is 10.5 Å². The van der Waals surface area contributed by atoms with Crippen LogP contribution >= 0.6 is 0 Å². The van der Waals surface area contributed by atoms with Crippen LogP contribution in [0.5, 0.6) is 5.75 Å². The Bertz CT molecular complexity index is 403. The Kier molecular flexibility index (Phi) is 4.71. The predicted molar refractivity (Wildman–Crippen MR) is 70.0 cm³/mol. The van der Waals surface area contributed by atoms with Gasteiger partial charge in [0.15, 0.2) is 0 Å². The van der Waals surface area contributed by atoms with E-state index in [1.165, 1.54) is 12.1 Å². The van der Waals surface area contributed by atoms with Gasteiger partial charge in [-0.2, -0.15) is 0 Å². The van der Waals surface area contributed by atoms with E-state index in [1.807, 2.05) is 13.8 Å². The van der Waals surface area contributed by atoms with Gasteiger partial charge >= 0.3 is 0 Å². The minimum Gasteiger partial charge on any atom is -0.490 e. The van der Waals surface area contributed by atoms with Crippen LogP contribution < -0.4 is 10.5 Å². The van der Waals surface area contributed by atoms with Gasteiger partial charge in [-0.15, -0.1) is 0 Å². The van der Waals surface area contributed by atoms with Gasteiger partial charge in [-0.05, 0) is 25.8 Å². The zero-order valence-electron chi connectivity index (χ0n) is 11.4. The van der Waals surface area contributed by atoms with Crippen LogP contribution in [0.3, 0.4) is 0 Å². The molecule has 3 nitrogen and oxygen atoms in total. The fourth-order valence-electron chi connectivity index (χ4n) is 1.40. The first-order valence-corrected chi connectivity index (χ1v) is 6.14. The van der Waals surface area contributed by atoms with Crippen molar-refractivity contribution in [3.05, 3.63) is 29.6 Å². The lowest BCUT2D eigenvalue weighted by Crippen LogP contribution is -2.38. The van der Waals surface area contributed by atoms with Crippen molar-refractivity contribution < 1.29 is 14.2 Å². The van der Waals surface area contributed by atoms with Crippen LogP contribution in [0.2, 0.25) is 0 Å². The van der Waals surface area contributed by atoms with Crippen LogP contribution in [-0.2, 0) is 0 Å². The van der Waals surface area contributed by atoms with E-state index < -0.39 is 5.60 Å². The van der Waals surface area contributed by atoms with Gasteiger partial charge in [-0.3, -0.25) is 0 Å². The first-order chi connectivity index (χ1) is 8.24. The van der Waals surface area contributed by atoms with Crippen molar-refractivity contribution in [2.24, 2.45) is 11.7 Å². The molecule has 0 aliphatic heterocycles. The van der Waals surface area contributed by atoms with Crippen molar-refractivity contribution in [3.63, 3.8) is 0 Å². The minimum absolute atomic E-state index is 0.0461. The maximum Gasteiger partial charge on any atom is 0.127 e. The molecule has 0 radical (unpaired) electrons. The zero-order valence-corrected chi connectivity index (χ0v) is 11.4. The van der Waals surface area contributed by atoms with E-state index in [-0.39, 0.29) is 24.4 Å². The maximum absolute atomic E-state index is 13.2. The fraction of sp³-hybridized carbons (Fsp3) is 0.571. The van der Waals surface area contributed by atoms with Gasteiger partial charge in [0.25, 0.3) is 0 Å². The molecule has 4 heteroatoms. The molecule has 102 valence electrons. The van der Waals surface area contributed by atoms with Gasteiger partial charge in [0.1, 0.15) is 18.2 Å². The maximum atomic E-state index is 13.2. The molecule has 2 atom stereocenters. The molecule has 0 bridgehead atoms. The van der Waals surface area contributed by atoms with E-state index in [0.717, 1.165) is 5.56 Å². The van der Waals surface area contributed by atoms with Crippen LogP contribution in [0.4, 0.5) is 4.39 Å². The van der Waals surface area contributed by atoms with Crippen molar-refractivity contribution in [2.75, 3.05) is 6.61 Å². The first kappa shape index (κ1) is 14.9. The highest BCUT2D eigenvalue weighted by atomic mass is 19.1. The number of hydrogen-bond donors (Lipinski definition) is 2. The smallest absolute Gasteiger partial charge is 0.127 e. The molecule has 0 aliphatic carbocycles. The number of nitrogens with two attached hydrogens (primary N) is 1. The molecular formula is C14H22FNO2. The molecule has 0 saturated carbocycles. The second kappa shape index (κ2) is 5.67. The van der Waals surface area contributed by atoms with Crippen molar-refractivity contribution in [3.8, 4) is 5.75 Å². The van der Waals surface area contributed by atoms with Crippen molar-refractivity contribution in [2.45, 2.75) is 39.3 Å². The van der Waals surface area contributed by atoms with Gasteiger partial charge in [0.2, 0.25) is 0 Å². The van der Waals surface area contributed by atoms with E-state index in [0.29, 0.717) is 5.75 Å². The molecule has 0 spiro atoms. The summed E-state index contributed by atoms with van der Waals surface area (Å²) in [6, 6.07) is 4.02. The third kappa shape index (κ3) is 3.68. The normalized spacial score (nSPS) is 16.4. The second-order valence-electron chi connectivity index (χ2n) is 5.27. The number of benzene rings is 1. The van der Waals surface area contributed by atoms with Crippen LogP contribution in [0.25, 0.3) is 0 Å². The summed E-state index contributed by atoms with van der Waals surface area (Å²) in [5.41, 5.74) is 5.57. The van der Waals surface area contributed by atoms with Crippen LogP contribution in [0.1, 0.15) is 39.3 Å². The van der Waals surface area contributed by atoms with E-state index in [2.05, 4.69) is 0 Å². The number of halogens is 1. The highest BCUT2D eigenvalue weighted by Crippen LogP contribution is 2.26. The van der Waals surface area contributed by atoms with Crippen molar-refractivity contribution >= 4 is 0 Å². The number of hydrogen-bond acceptors (Lipinski definition) is 3. The molecule has 1 rings (SSSR count). The third-order valence-electron chi connectivity index (χ3n) is 3.23. The molecule has 1 aromatic carbocycles. The zero-order chi connectivity index (χ0) is 13.9. The summed E-state index contributed by atoms with van der Waals surface area (Å²) < 4.78 is 18.7. The van der Waals surface area contributed by atoms with Gasteiger partial charge in [-0.1, -0.05) is 19.9 Å². The monoisotopic (exact) mass is 255 g/mol. The average molecular weight is 255 g/mol. The number of rotatable bonds is 5. The third-order valence-corrected chi connectivity index (χ3v) is 3.23. The van der Waals surface area contributed by atoms with Gasteiger partial charge < -0.3 is 15.6 Å². The highest BCUT2D eigenvalue weighted by Gasteiger charge is 2.26. The molecule has 1 unspecified atom stereocenters. The summed E-state index contributed by atoms with van der Waals surface area (Å²) in [6.07, 6.45) is 0. The molecule has 1 aromatic rings. The lowest BCUT2D eigenvalue weighted by Gasteiger charge is -2.28. The quantitative estimate of drug-likeness (QED) is 0.850. The lowest BCUT2D eigenvalue weighted by molar-refractivity contribution is -0.0270. The Morgan fingerprint density at radius 3 is 2.50 bits per heavy atom. The van der Waals surface area contributed by atoms with Gasteiger partial charge in [-0.25, -0.2) is 4.39 Å². The SMILES string of the molecule is CC(C)C(C)(O)COc1cc(F)ccc1[C@@H](C)N. The molecule has 0 aliphatic rings. The molecular weight excluding hydrogens is 233 g/mol. The average Bonchev–Trinajstić information content (AvgIpc) is 2.26. The van der Waals surface area contributed by atoms with Crippen LogP contribution in [0.15, 0.2) is 18.2 Å². The van der Waals surface area contributed by atoms with Gasteiger partial charge in [0.05, 0.1) is 5.60 Å². The highest BCUT2D eigenvalue weighted by molar-refractivity contribution is 5.36.